The van der Waals surface area contributed by atoms with Crippen molar-refractivity contribution in [2.24, 2.45) is 0 Å². The molecule has 6 heteroatoms. The monoisotopic (exact) mass is 323 g/mol. The Labute approximate surface area is 134 Å². The number of hydrogen-bond acceptors (Lipinski definition) is 5. The molecular weight excluding hydrogens is 306 g/mol. The van der Waals surface area contributed by atoms with E-state index in [1.165, 1.54) is 0 Å². The average Bonchev–Trinajstić information content (AvgIpc) is 2.72. The van der Waals surface area contributed by atoms with Gasteiger partial charge in [0.15, 0.2) is 11.4 Å². The van der Waals surface area contributed by atoms with Gasteiger partial charge in [-0.2, -0.15) is 5.06 Å². The number of halogens is 1. The number of aryl methyl sites for hydroxylation is 1. The van der Waals surface area contributed by atoms with E-state index < -0.39 is 11.6 Å². The summed E-state index contributed by atoms with van der Waals surface area (Å²) in [6.07, 6.45) is 0.983. The molecule has 3 rings (SSSR count). The first kappa shape index (κ1) is 15.3. The van der Waals surface area contributed by atoms with Crippen LogP contribution in [0.25, 0.3) is 5.57 Å². The average molecular weight is 324 g/mol. The number of carbonyl (C=O) groups excluding carboxylic acids is 1. The second-order valence-electron chi connectivity index (χ2n) is 5.65. The number of piperidine rings is 1. The first-order valence-corrected chi connectivity index (χ1v) is 7.58. The number of benzene rings is 1. The van der Waals surface area contributed by atoms with Crippen LogP contribution in [0, 0.1) is 6.92 Å². The fourth-order valence-electron chi connectivity index (χ4n) is 3.14. The first-order valence-electron chi connectivity index (χ1n) is 7.20. The van der Waals surface area contributed by atoms with E-state index in [1.807, 2.05) is 19.1 Å². The normalized spacial score (nSPS) is 21.5. The second-order valence-corrected chi connectivity index (χ2v) is 6.06. The van der Waals surface area contributed by atoms with Crippen molar-refractivity contribution in [2.75, 3.05) is 20.2 Å². The Kier molecular flexibility index (Phi) is 3.89. The lowest BCUT2D eigenvalue weighted by Gasteiger charge is -2.36. The van der Waals surface area contributed by atoms with E-state index in [-0.39, 0.29) is 11.3 Å². The molecule has 0 atom stereocenters. The molecule has 1 fully saturated rings. The zero-order valence-electron chi connectivity index (χ0n) is 12.6. The molecule has 0 saturated carbocycles. The number of carbonyl (C=O) groups is 1. The van der Waals surface area contributed by atoms with Crippen molar-refractivity contribution in [3.63, 3.8) is 0 Å². The summed E-state index contributed by atoms with van der Waals surface area (Å²) in [4.78, 5) is 17.6. The van der Waals surface area contributed by atoms with E-state index in [9.17, 15) is 9.90 Å². The molecule has 22 heavy (non-hydrogen) atoms. The van der Waals surface area contributed by atoms with Gasteiger partial charge in [0, 0.05) is 36.5 Å². The van der Waals surface area contributed by atoms with E-state index in [4.69, 9.17) is 21.2 Å². The van der Waals surface area contributed by atoms with Crippen LogP contribution in [0.3, 0.4) is 0 Å². The van der Waals surface area contributed by atoms with Gasteiger partial charge in [-0.25, -0.2) is 4.79 Å². The number of aliphatic hydroxyl groups is 1. The molecule has 1 aromatic rings. The zero-order valence-corrected chi connectivity index (χ0v) is 13.3. The maximum absolute atomic E-state index is 12.4. The lowest BCUT2D eigenvalue weighted by Crippen LogP contribution is -2.45. The molecule has 1 spiro atoms. The van der Waals surface area contributed by atoms with Gasteiger partial charge in [-0.1, -0.05) is 23.7 Å². The van der Waals surface area contributed by atoms with Crippen LogP contribution >= 0.6 is 11.6 Å². The molecule has 118 valence electrons. The molecule has 2 aliphatic rings. The van der Waals surface area contributed by atoms with Crippen LogP contribution in [-0.2, 0) is 14.4 Å². The minimum absolute atomic E-state index is 0.00977. The number of nitrogens with zero attached hydrogens (tertiary/aromatic N) is 1. The van der Waals surface area contributed by atoms with E-state index in [0.717, 1.165) is 5.56 Å². The predicted molar refractivity (Wildman–Crippen MR) is 82.4 cm³/mol. The highest BCUT2D eigenvalue weighted by Gasteiger charge is 2.50. The molecule has 5 nitrogen and oxygen atoms in total. The van der Waals surface area contributed by atoms with Gasteiger partial charge in [-0.05, 0) is 18.6 Å². The van der Waals surface area contributed by atoms with Gasteiger partial charge in [-0.3, -0.25) is 0 Å². The lowest BCUT2D eigenvalue weighted by molar-refractivity contribution is -0.182. The summed E-state index contributed by atoms with van der Waals surface area (Å²) in [5.74, 6) is -0.524. The Balaban J connectivity index is 2.03. The van der Waals surface area contributed by atoms with Gasteiger partial charge < -0.3 is 14.7 Å². The summed E-state index contributed by atoms with van der Waals surface area (Å²) in [5.41, 5.74) is 0.622. The highest BCUT2D eigenvalue weighted by atomic mass is 35.5. The van der Waals surface area contributed by atoms with E-state index >= 15 is 0 Å². The Morgan fingerprint density at radius 1 is 1.36 bits per heavy atom. The molecule has 0 bridgehead atoms. The fourth-order valence-corrected chi connectivity index (χ4v) is 3.46. The van der Waals surface area contributed by atoms with Gasteiger partial charge in [0.25, 0.3) is 0 Å². The van der Waals surface area contributed by atoms with Crippen molar-refractivity contribution in [2.45, 2.75) is 25.4 Å². The number of ether oxygens (including phenoxy) is 1. The summed E-state index contributed by atoms with van der Waals surface area (Å²) in [5, 5.41) is 12.9. The largest absolute Gasteiger partial charge is 0.507 e. The van der Waals surface area contributed by atoms with E-state index in [1.54, 1.807) is 18.2 Å². The molecular formula is C16H18ClNO4. The summed E-state index contributed by atoms with van der Waals surface area (Å²) >= 11 is 6.23. The summed E-state index contributed by atoms with van der Waals surface area (Å²) in [7, 11) is 1.60. The molecule has 0 radical (unpaired) electrons. The van der Waals surface area contributed by atoms with E-state index in [2.05, 4.69) is 0 Å². The standard InChI is InChI=1S/C16H18ClNO4/c1-10-4-3-5-11(17)12(10)13-14(19)16(22-15(13)20)6-8-18(21-2)9-7-16/h3-5,19H,6-9H2,1-2H3. The van der Waals surface area contributed by atoms with Crippen molar-refractivity contribution in [1.29, 1.82) is 0 Å². The molecule has 1 N–H and O–H groups in total. The Morgan fingerprint density at radius 2 is 2.05 bits per heavy atom. The second kappa shape index (κ2) is 5.57. The summed E-state index contributed by atoms with van der Waals surface area (Å²) < 4.78 is 5.57. The van der Waals surface area contributed by atoms with Crippen LogP contribution in [0.2, 0.25) is 5.02 Å². The molecule has 0 aromatic heterocycles. The van der Waals surface area contributed by atoms with Crippen LogP contribution in [0.5, 0.6) is 0 Å². The molecule has 0 unspecified atom stereocenters. The van der Waals surface area contributed by atoms with Crippen molar-refractivity contribution in [3.8, 4) is 0 Å². The topological polar surface area (TPSA) is 59.0 Å². The van der Waals surface area contributed by atoms with Gasteiger partial charge in [0.1, 0.15) is 5.57 Å². The predicted octanol–water partition coefficient (Wildman–Crippen LogP) is 2.87. The molecule has 1 saturated heterocycles. The molecule has 1 aromatic carbocycles. The van der Waals surface area contributed by atoms with Crippen LogP contribution in [0.4, 0.5) is 0 Å². The third kappa shape index (κ3) is 2.29. The number of rotatable bonds is 2. The quantitative estimate of drug-likeness (QED) is 0.848. The third-order valence-corrected chi connectivity index (χ3v) is 4.74. The minimum atomic E-state index is -0.951. The number of hydrogen-bond donors (Lipinski definition) is 1. The molecule has 0 aliphatic carbocycles. The van der Waals surface area contributed by atoms with Crippen LogP contribution in [0.1, 0.15) is 24.0 Å². The maximum Gasteiger partial charge on any atom is 0.343 e. The number of hydroxylamine groups is 2. The van der Waals surface area contributed by atoms with Crippen molar-refractivity contribution < 1.29 is 19.5 Å². The third-order valence-electron chi connectivity index (χ3n) is 4.42. The maximum atomic E-state index is 12.4. The van der Waals surface area contributed by atoms with E-state index in [0.29, 0.717) is 36.5 Å². The van der Waals surface area contributed by atoms with Crippen molar-refractivity contribution >= 4 is 23.1 Å². The number of aliphatic hydroxyl groups excluding tert-OH is 1. The molecule has 2 heterocycles. The van der Waals surface area contributed by atoms with Crippen LogP contribution in [0.15, 0.2) is 24.0 Å². The van der Waals surface area contributed by atoms with Gasteiger partial charge in [0.2, 0.25) is 0 Å². The molecule has 0 amide bonds. The van der Waals surface area contributed by atoms with Gasteiger partial charge >= 0.3 is 5.97 Å². The van der Waals surface area contributed by atoms with Crippen molar-refractivity contribution in [1.82, 2.24) is 5.06 Å². The summed E-state index contributed by atoms with van der Waals surface area (Å²) in [6.45, 7) is 3.03. The van der Waals surface area contributed by atoms with Crippen LogP contribution in [-0.4, -0.2) is 41.9 Å². The van der Waals surface area contributed by atoms with Crippen molar-refractivity contribution in [3.05, 3.63) is 40.1 Å². The minimum Gasteiger partial charge on any atom is -0.507 e. The Hall–Kier alpha value is -1.56. The first-order chi connectivity index (χ1) is 10.5. The van der Waals surface area contributed by atoms with Gasteiger partial charge in [0.05, 0.1) is 7.11 Å². The Morgan fingerprint density at radius 3 is 2.64 bits per heavy atom. The SMILES string of the molecule is CON1CCC2(CC1)OC(=O)C(c1c(C)cccc1Cl)=C2O. The fraction of sp³-hybridized carbons (Fsp3) is 0.438. The van der Waals surface area contributed by atoms with Crippen LogP contribution < -0.4 is 0 Å². The highest BCUT2D eigenvalue weighted by Crippen LogP contribution is 2.44. The smallest absolute Gasteiger partial charge is 0.343 e. The van der Waals surface area contributed by atoms with Gasteiger partial charge in [-0.15, -0.1) is 0 Å². The number of esters is 1. The Bertz CT molecular complexity index is 627. The summed E-state index contributed by atoms with van der Waals surface area (Å²) in [6, 6.07) is 5.37. The highest BCUT2D eigenvalue weighted by molar-refractivity contribution is 6.35. The zero-order chi connectivity index (χ0) is 15.9. The lowest BCUT2D eigenvalue weighted by atomic mass is 9.87. The molecule has 2 aliphatic heterocycles.